The average molecular weight is 262 g/mol. The first-order valence-corrected chi connectivity index (χ1v) is 7.49. The van der Waals surface area contributed by atoms with Gasteiger partial charge in [0, 0.05) is 24.3 Å². The van der Waals surface area contributed by atoms with Crippen molar-refractivity contribution in [2.24, 2.45) is 5.73 Å². The van der Waals surface area contributed by atoms with E-state index in [0.29, 0.717) is 6.04 Å². The molecule has 1 fully saturated rings. The van der Waals surface area contributed by atoms with Crippen molar-refractivity contribution in [1.82, 2.24) is 0 Å². The fourth-order valence-corrected chi connectivity index (χ4v) is 2.99. The van der Waals surface area contributed by atoms with Crippen LogP contribution in [0.15, 0.2) is 24.3 Å². The van der Waals surface area contributed by atoms with Gasteiger partial charge in [0.25, 0.3) is 0 Å². The van der Waals surface area contributed by atoms with Crippen LogP contribution in [0.5, 0.6) is 0 Å². The first-order valence-electron chi connectivity index (χ1n) is 7.49. The van der Waals surface area contributed by atoms with Crippen molar-refractivity contribution in [3.8, 4) is 0 Å². The number of aliphatic hydroxyl groups excluding tert-OH is 1. The van der Waals surface area contributed by atoms with Crippen molar-refractivity contribution in [2.75, 3.05) is 18.1 Å². The van der Waals surface area contributed by atoms with E-state index in [9.17, 15) is 5.11 Å². The number of nitrogens with zero attached hydrogens (tertiary/aromatic N) is 1. The summed E-state index contributed by atoms with van der Waals surface area (Å²) in [6.07, 6.45) is 6.07. The Bertz CT molecular complexity index is 371. The Morgan fingerprint density at radius 1 is 1.26 bits per heavy atom. The van der Waals surface area contributed by atoms with Crippen LogP contribution in [0.4, 0.5) is 5.69 Å². The average Bonchev–Trinajstić information content (AvgIpc) is 2.98. The minimum absolute atomic E-state index is 0.131. The molecule has 0 amide bonds. The highest BCUT2D eigenvalue weighted by molar-refractivity contribution is 5.49. The molecule has 0 bridgehead atoms. The van der Waals surface area contributed by atoms with Crippen LogP contribution in [-0.2, 0) is 0 Å². The Morgan fingerprint density at radius 2 is 1.89 bits per heavy atom. The maximum absolute atomic E-state index is 9.28. The number of rotatable bonds is 6. The lowest BCUT2D eigenvalue weighted by atomic mass is 10.0. The summed E-state index contributed by atoms with van der Waals surface area (Å²) in [5.74, 6) is 0. The number of anilines is 1. The van der Waals surface area contributed by atoms with Gasteiger partial charge in [-0.2, -0.15) is 0 Å². The zero-order chi connectivity index (χ0) is 13.7. The van der Waals surface area contributed by atoms with Gasteiger partial charge < -0.3 is 15.7 Å². The molecule has 3 nitrogen and oxygen atoms in total. The number of benzene rings is 1. The van der Waals surface area contributed by atoms with Gasteiger partial charge in [0.15, 0.2) is 0 Å². The molecular weight excluding hydrogens is 236 g/mol. The lowest BCUT2D eigenvalue weighted by Gasteiger charge is -2.31. The van der Waals surface area contributed by atoms with Crippen molar-refractivity contribution in [3.05, 3.63) is 29.8 Å². The zero-order valence-electron chi connectivity index (χ0n) is 11.9. The van der Waals surface area contributed by atoms with Crippen LogP contribution in [-0.4, -0.2) is 24.3 Å². The Hall–Kier alpha value is -1.06. The third-order valence-electron chi connectivity index (χ3n) is 4.20. The number of hydrogen-bond donors (Lipinski definition) is 2. The molecule has 3 heteroatoms. The molecule has 3 N–H and O–H groups in total. The van der Waals surface area contributed by atoms with Crippen LogP contribution in [0.3, 0.4) is 0 Å². The summed E-state index contributed by atoms with van der Waals surface area (Å²) in [7, 11) is 0. The Labute approximate surface area is 116 Å². The van der Waals surface area contributed by atoms with Crippen LogP contribution in [0.1, 0.15) is 50.6 Å². The molecule has 1 aromatic rings. The third kappa shape index (κ3) is 3.48. The van der Waals surface area contributed by atoms with Gasteiger partial charge in [0.2, 0.25) is 0 Å². The molecule has 1 aliphatic rings. The molecule has 0 heterocycles. The zero-order valence-corrected chi connectivity index (χ0v) is 11.9. The number of hydrogen-bond acceptors (Lipinski definition) is 3. The highest BCUT2D eigenvalue weighted by Gasteiger charge is 2.22. The maximum atomic E-state index is 9.28. The molecule has 1 atom stereocenters. The van der Waals surface area contributed by atoms with E-state index in [0.717, 1.165) is 13.0 Å². The third-order valence-corrected chi connectivity index (χ3v) is 4.20. The molecule has 2 rings (SSSR count). The highest BCUT2D eigenvalue weighted by Crippen LogP contribution is 2.28. The number of aliphatic hydroxyl groups is 1. The van der Waals surface area contributed by atoms with Crippen molar-refractivity contribution >= 4 is 5.69 Å². The highest BCUT2D eigenvalue weighted by atomic mass is 16.3. The van der Waals surface area contributed by atoms with Crippen LogP contribution >= 0.6 is 0 Å². The van der Waals surface area contributed by atoms with Gasteiger partial charge in [-0.25, -0.2) is 0 Å². The fourth-order valence-electron chi connectivity index (χ4n) is 2.99. The van der Waals surface area contributed by atoms with Crippen molar-refractivity contribution in [1.29, 1.82) is 0 Å². The lowest BCUT2D eigenvalue weighted by molar-refractivity contribution is 0.297. The molecule has 19 heavy (non-hydrogen) atoms. The summed E-state index contributed by atoms with van der Waals surface area (Å²) in [6, 6.07) is 9.29. The van der Waals surface area contributed by atoms with Crippen LogP contribution in [0.2, 0.25) is 0 Å². The summed E-state index contributed by atoms with van der Waals surface area (Å²) in [5, 5.41) is 9.28. The van der Waals surface area contributed by atoms with E-state index in [2.05, 4.69) is 36.1 Å². The molecule has 0 unspecified atom stereocenters. The number of nitrogens with two attached hydrogens (primary N) is 1. The van der Waals surface area contributed by atoms with E-state index in [1.54, 1.807) is 0 Å². The minimum Gasteiger partial charge on any atom is -0.395 e. The Kier molecular flexibility index (Phi) is 5.23. The van der Waals surface area contributed by atoms with Crippen molar-refractivity contribution in [3.63, 3.8) is 0 Å². The van der Waals surface area contributed by atoms with Gasteiger partial charge in [0.05, 0.1) is 6.61 Å². The standard InChI is InChI=1S/C16H26N2O/c1-2-16(17)13-7-9-15(10-8-13)18(11-12-19)14-5-3-4-6-14/h7-10,14,16,19H,2-6,11-12,17H2,1H3/t16-/m0/s1. The van der Waals surface area contributed by atoms with Gasteiger partial charge in [-0.1, -0.05) is 31.9 Å². The van der Waals surface area contributed by atoms with Gasteiger partial charge in [-0.3, -0.25) is 0 Å². The normalized spacial score (nSPS) is 17.6. The second-order valence-corrected chi connectivity index (χ2v) is 5.46. The van der Waals surface area contributed by atoms with E-state index in [1.807, 2.05) is 0 Å². The molecule has 0 aromatic heterocycles. The van der Waals surface area contributed by atoms with E-state index in [-0.39, 0.29) is 12.6 Å². The van der Waals surface area contributed by atoms with E-state index in [4.69, 9.17) is 5.73 Å². The molecule has 1 aromatic carbocycles. The maximum Gasteiger partial charge on any atom is 0.0606 e. The van der Waals surface area contributed by atoms with Crippen LogP contribution in [0, 0.1) is 0 Å². The topological polar surface area (TPSA) is 49.5 Å². The predicted octanol–water partition coefficient (Wildman–Crippen LogP) is 2.84. The molecule has 0 aliphatic heterocycles. The molecule has 1 aliphatic carbocycles. The second-order valence-electron chi connectivity index (χ2n) is 5.46. The molecular formula is C16H26N2O. The predicted molar refractivity (Wildman–Crippen MR) is 80.3 cm³/mol. The van der Waals surface area contributed by atoms with E-state index in [1.165, 1.54) is 36.9 Å². The second kappa shape index (κ2) is 6.92. The van der Waals surface area contributed by atoms with Gasteiger partial charge >= 0.3 is 0 Å². The Balaban J connectivity index is 2.12. The van der Waals surface area contributed by atoms with Gasteiger partial charge in [-0.15, -0.1) is 0 Å². The molecule has 0 spiro atoms. The largest absolute Gasteiger partial charge is 0.395 e. The Morgan fingerprint density at radius 3 is 2.42 bits per heavy atom. The lowest BCUT2D eigenvalue weighted by Crippen LogP contribution is -2.35. The summed E-state index contributed by atoms with van der Waals surface area (Å²) in [6.45, 7) is 3.05. The van der Waals surface area contributed by atoms with Crippen molar-refractivity contribution < 1.29 is 5.11 Å². The minimum atomic E-state index is 0.131. The molecule has 0 saturated heterocycles. The molecule has 106 valence electrons. The molecule has 0 radical (unpaired) electrons. The van der Waals surface area contributed by atoms with Crippen LogP contribution < -0.4 is 10.6 Å². The fraction of sp³-hybridized carbons (Fsp3) is 0.625. The SMILES string of the molecule is CC[C@H](N)c1ccc(N(CCO)C2CCCC2)cc1. The first kappa shape index (κ1) is 14.4. The quantitative estimate of drug-likeness (QED) is 0.829. The first-order chi connectivity index (χ1) is 9.26. The summed E-state index contributed by atoms with van der Waals surface area (Å²) in [4.78, 5) is 2.36. The monoisotopic (exact) mass is 262 g/mol. The van der Waals surface area contributed by atoms with Crippen molar-refractivity contribution in [2.45, 2.75) is 51.1 Å². The summed E-state index contributed by atoms with van der Waals surface area (Å²) in [5.41, 5.74) is 8.46. The summed E-state index contributed by atoms with van der Waals surface area (Å²) < 4.78 is 0. The molecule has 1 saturated carbocycles. The van der Waals surface area contributed by atoms with E-state index >= 15 is 0 Å². The van der Waals surface area contributed by atoms with Crippen LogP contribution in [0.25, 0.3) is 0 Å². The van der Waals surface area contributed by atoms with E-state index < -0.39 is 0 Å². The summed E-state index contributed by atoms with van der Waals surface area (Å²) >= 11 is 0. The van der Waals surface area contributed by atoms with Gasteiger partial charge in [0.1, 0.15) is 0 Å². The van der Waals surface area contributed by atoms with Gasteiger partial charge in [-0.05, 0) is 37.0 Å². The smallest absolute Gasteiger partial charge is 0.0606 e.